The first-order valence-corrected chi connectivity index (χ1v) is 6.63. The molecule has 0 radical (unpaired) electrons. The second kappa shape index (κ2) is 5.80. The highest BCUT2D eigenvalue weighted by Crippen LogP contribution is 2.20. The lowest BCUT2D eigenvalue weighted by Gasteiger charge is -2.27. The molecule has 1 fully saturated rings. The highest BCUT2D eigenvalue weighted by molar-refractivity contribution is 9.10. The Morgan fingerprint density at radius 2 is 2.38 bits per heavy atom. The number of rotatable bonds is 3. The Balaban J connectivity index is 1.93. The lowest BCUT2D eigenvalue weighted by molar-refractivity contribution is 0.0450. The fraction of sp³-hybridized carbons (Fsp3) is 0.538. The number of hydrogen-bond acceptors (Lipinski definition) is 2. The van der Waals surface area contributed by atoms with Crippen LogP contribution in [0.3, 0.4) is 0 Å². The van der Waals surface area contributed by atoms with Gasteiger partial charge < -0.3 is 10.5 Å². The van der Waals surface area contributed by atoms with Crippen molar-refractivity contribution in [1.29, 1.82) is 0 Å². The molecule has 16 heavy (non-hydrogen) atoms. The van der Waals surface area contributed by atoms with Crippen LogP contribution in [0, 0.1) is 5.92 Å². The largest absolute Gasteiger partial charge is 0.381 e. The van der Waals surface area contributed by atoms with Gasteiger partial charge in [0.25, 0.3) is 0 Å². The topological polar surface area (TPSA) is 35.2 Å². The van der Waals surface area contributed by atoms with E-state index in [2.05, 4.69) is 34.1 Å². The van der Waals surface area contributed by atoms with Crippen LogP contribution in [0.2, 0.25) is 0 Å². The number of hydrogen-bond donors (Lipinski definition) is 1. The standard InChI is InChI=1S/C13H18BrNO/c14-12-5-1-3-10(7-12)8-13(15)11-4-2-6-16-9-11/h1,3,5,7,11,13H,2,4,6,8-9,15H2. The van der Waals surface area contributed by atoms with Crippen LogP contribution < -0.4 is 5.73 Å². The average molecular weight is 284 g/mol. The molecule has 0 amide bonds. The highest BCUT2D eigenvalue weighted by atomic mass is 79.9. The summed E-state index contributed by atoms with van der Waals surface area (Å²) in [5, 5.41) is 0. The van der Waals surface area contributed by atoms with Gasteiger partial charge in [0.1, 0.15) is 0 Å². The maximum Gasteiger partial charge on any atom is 0.0509 e. The van der Waals surface area contributed by atoms with Crippen molar-refractivity contribution in [2.24, 2.45) is 11.7 Å². The number of nitrogens with two attached hydrogens (primary N) is 1. The van der Waals surface area contributed by atoms with Crippen molar-refractivity contribution in [2.45, 2.75) is 25.3 Å². The van der Waals surface area contributed by atoms with E-state index in [4.69, 9.17) is 10.5 Å². The summed E-state index contributed by atoms with van der Waals surface area (Å²) >= 11 is 3.48. The Morgan fingerprint density at radius 3 is 3.06 bits per heavy atom. The summed E-state index contributed by atoms with van der Waals surface area (Å²) in [5.41, 5.74) is 7.53. The number of benzene rings is 1. The lowest BCUT2D eigenvalue weighted by Crippen LogP contribution is -2.37. The quantitative estimate of drug-likeness (QED) is 0.926. The highest BCUT2D eigenvalue weighted by Gasteiger charge is 2.21. The zero-order valence-corrected chi connectivity index (χ0v) is 10.9. The first-order chi connectivity index (χ1) is 7.75. The van der Waals surface area contributed by atoms with Crippen LogP contribution in [0.25, 0.3) is 0 Å². The maximum absolute atomic E-state index is 6.24. The molecule has 1 aromatic rings. The molecule has 1 aromatic carbocycles. The predicted octanol–water partition coefficient (Wildman–Crippen LogP) is 2.75. The Morgan fingerprint density at radius 1 is 1.50 bits per heavy atom. The molecule has 1 saturated heterocycles. The summed E-state index contributed by atoms with van der Waals surface area (Å²) in [5.74, 6) is 0.521. The average Bonchev–Trinajstić information content (AvgIpc) is 2.30. The Labute approximate surface area is 105 Å². The number of halogens is 1. The van der Waals surface area contributed by atoms with E-state index >= 15 is 0 Å². The Hall–Kier alpha value is -0.380. The normalized spacial score (nSPS) is 23.0. The lowest BCUT2D eigenvalue weighted by atomic mass is 9.90. The first kappa shape index (κ1) is 12.1. The summed E-state index contributed by atoms with van der Waals surface area (Å²) in [7, 11) is 0. The van der Waals surface area contributed by atoms with E-state index in [1.54, 1.807) is 0 Å². The van der Waals surface area contributed by atoms with Crippen molar-refractivity contribution in [2.75, 3.05) is 13.2 Å². The van der Waals surface area contributed by atoms with Crippen molar-refractivity contribution in [3.63, 3.8) is 0 Å². The van der Waals surface area contributed by atoms with Gasteiger partial charge in [0.2, 0.25) is 0 Å². The molecule has 1 heterocycles. The molecule has 1 aliphatic heterocycles. The molecule has 0 aliphatic carbocycles. The minimum Gasteiger partial charge on any atom is -0.381 e. The van der Waals surface area contributed by atoms with Gasteiger partial charge in [-0.2, -0.15) is 0 Å². The molecule has 2 N–H and O–H groups in total. The van der Waals surface area contributed by atoms with Crippen LogP contribution in [-0.2, 0) is 11.2 Å². The van der Waals surface area contributed by atoms with Crippen molar-refractivity contribution < 1.29 is 4.74 Å². The van der Waals surface area contributed by atoms with E-state index in [0.717, 1.165) is 30.5 Å². The van der Waals surface area contributed by atoms with Crippen LogP contribution in [-0.4, -0.2) is 19.3 Å². The van der Waals surface area contributed by atoms with Crippen LogP contribution in [0.4, 0.5) is 0 Å². The van der Waals surface area contributed by atoms with Crippen LogP contribution in [0.1, 0.15) is 18.4 Å². The van der Waals surface area contributed by atoms with Crippen molar-refractivity contribution in [3.8, 4) is 0 Å². The molecule has 88 valence electrons. The smallest absolute Gasteiger partial charge is 0.0509 e. The van der Waals surface area contributed by atoms with Gasteiger partial charge in [-0.05, 0) is 42.9 Å². The molecule has 2 atom stereocenters. The maximum atomic E-state index is 6.24. The first-order valence-electron chi connectivity index (χ1n) is 5.83. The van der Waals surface area contributed by atoms with Crippen molar-refractivity contribution in [3.05, 3.63) is 34.3 Å². The molecule has 0 bridgehead atoms. The zero-order chi connectivity index (χ0) is 11.4. The van der Waals surface area contributed by atoms with Gasteiger partial charge >= 0.3 is 0 Å². The van der Waals surface area contributed by atoms with E-state index in [1.165, 1.54) is 12.0 Å². The van der Waals surface area contributed by atoms with Gasteiger partial charge in [-0.25, -0.2) is 0 Å². The van der Waals surface area contributed by atoms with Crippen molar-refractivity contribution in [1.82, 2.24) is 0 Å². The molecule has 2 nitrogen and oxygen atoms in total. The van der Waals surface area contributed by atoms with Gasteiger partial charge in [0.15, 0.2) is 0 Å². The third-order valence-corrected chi connectivity index (χ3v) is 3.65. The van der Waals surface area contributed by atoms with Crippen molar-refractivity contribution >= 4 is 15.9 Å². The minimum atomic E-state index is 0.217. The molecule has 0 aromatic heterocycles. The zero-order valence-electron chi connectivity index (χ0n) is 9.36. The second-order valence-electron chi connectivity index (χ2n) is 4.48. The van der Waals surface area contributed by atoms with E-state index in [9.17, 15) is 0 Å². The van der Waals surface area contributed by atoms with Gasteiger partial charge in [-0.1, -0.05) is 28.1 Å². The molecule has 2 rings (SSSR count). The molecule has 3 heteroatoms. The SMILES string of the molecule is NC(Cc1cccc(Br)c1)C1CCCOC1. The minimum absolute atomic E-state index is 0.217. The van der Waals surface area contributed by atoms with Crippen LogP contribution in [0.5, 0.6) is 0 Å². The number of ether oxygens (including phenoxy) is 1. The van der Waals surface area contributed by atoms with E-state index in [1.807, 2.05) is 6.07 Å². The summed E-state index contributed by atoms with van der Waals surface area (Å²) < 4.78 is 6.60. The third-order valence-electron chi connectivity index (χ3n) is 3.16. The molecule has 2 unspecified atom stereocenters. The predicted molar refractivity (Wildman–Crippen MR) is 69.4 cm³/mol. The Bertz CT molecular complexity index is 336. The summed E-state index contributed by atoms with van der Waals surface area (Å²) in [6, 6.07) is 8.59. The second-order valence-corrected chi connectivity index (χ2v) is 5.39. The molecule has 0 spiro atoms. The van der Waals surface area contributed by atoms with Crippen LogP contribution >= 0.6 is 15.9 Å². The summed E-state index contributed by atoms with van der Waals surface area (Å²) in [6.07, 6.45) is 3.29. The summed E-state index contributed by atoms with van der Waals surface area (Å²) in [6.45, 7) is 1.73. The Kier molecular flexibility index (Phi) is 4.38. The summed E-state index contributed by atoms with van der Waals surface area (Å²) in [4.78, 5) is 0. The van der Waals surface area contributed by atoms with Gasteiger partial charge in [0, 0.05) is 17.1 Å². The fourth-order valence-corrected chi connectivity index (χ4v) is 2.65. The van der Waals surface area contributed by atoms with E-state index in [0.29, 0.717) is 5.92 Å². The van der Waals surface area contributed by atoms with Gasteiger partial charge in [0.05, 0.1) is 6.61 Å². The molecule has 1 aliphatic rings. The van der Waals surface area contributed by atoms with E-state index < -0.39 is 0 Å². The fourth-order valence-electron chi connectivity index (χ4n) is 2.21. The third kappa shape index (κ3) is 3.30. The monoisotopic (exact) mass is 283 g/mol. The molecular weight excluding hydrogens is 266 g/mol. The molecular formula is C13H18BrNO. The molecule has 0 saturated carbocycles. The van der Waals surface area contributed by atoms with E-state index in [-0.39, 0.29) is 6.04 Å². The van der Waals surface area contributed by atoms with Gasteiger partial charge in [-0.3, -0.25) is 0 Å². The van der Waals surface area contributed by atoms with Crippen LogP contribution in [0.15, 0.2) is 28.7 Å². The van der Waals surface area contributed by atoms with Gasteiger partial charge in [-0.15, -0.1) is 0 Å².